The lowest BCUT2D eigenvalue weighted by Crippen LogP contribution is -2.26. The molecular formula is C25H26F3NO4S. The Morgan fingerprint density at radius 2 is 1.82 bits per heavy atom. The molecule has 0 spiro atoms. The molecule has 5 nitrogen and oxygen atoms in total. The zero-order valence-corrected chi connectivity index (χ0v) is 19.9. The number of carboxylic acid groups (broad SMARTS) is 1. The van der Waals surface area contributed by atoms with Crippen molar-refractivity contribution < 1.29 is 32.5 Å². The van der Waals surface area contributed by atoms with Crippen molar-refractivity contribution in [3.63, 3.8) is 0 Å². The average molecular weight is 494 g/mol. The minimum absolute atomic E-state index is 0.267. The molecule has 2 aromatic carbocycles. The molecule has 0 radical (unpaired) electrons. The van der Waals surface area contributed by atoms with Crippen LogP contribution in [0.1, 0.15) is 41.1 Å². The first-order chi connectivity index (χ1) is 16.1. The number of aromatic nitrogens is 1. The summed E-state index contributed by atoms with van der Waals surface area (Å²) in [6, 6.07) is 10.5. The number of rotatable bonds is 10. The van der Waals surface area contributed by atoms with Crippen LogP contribution in [0.3, 0.4) is 0 Å². The number of aliphatic carboxylic acids is 1. The van der Waals surface area contributed by atoms with Crippen molar-refractivity contribution in [1.82, 2.24) is 4.98 Å². The van der Waals surface area contributed by atoms with E-state index in [2.05, 4.69) is 4.98 Å². The molecule has 0 aliphatic rings. The molecule has 0 saturated heterocycles. The van der Waals surface area contributed by atoms with Crippen LogP contribution >= 0.6 is 11.3 Å². The van der Waals surface area contributed by atoms with E-state index >= 15 is 0 Å². The quantitative estimate of drug-likeness (QED) is 0.358. The van der Waals surface area contributed by atoms with Gasteiger partial charge in [-0.2, -0.15) is 13.2 Å². The molecule has 0 bridgehead atoms. The molecule has 0 fully saturated rings. The summed E-state index contributed by atoms with van der Waals surface area (Å²) in [6.07, 6.45) is -4.29. The van der Waals surface area contributed by atoms with Crippen LogP contribution in [0.25, 0.3) is 10.6 Å². The molecule has 34 heavy (non-hydrogen) atoms. The Balaban J connectivity index is 1.71. The lowest BCUT2D eigenvalue weighted by Gasteiger charge is -2.16. The van der Waals surface area contributed by atoms with Crippen LogP contribution in [0.2, 0.25) is 0 Å². The number of thiazole rings is 1. The summed E-state index contributed by atoms with van der Waals surface area (Å²) < 4.78 is 49.7. The number of aryl methyl sites for hydroxylation is 2. The third-order valence-electron chi connectivity index (χ3n) is 5.33. The minimum Gasteiger partial charge on any atom is -0.488 e. The van der Waals surface area contributed by atoms with E-state index in [-0.39, 0.29) is 13.0 Å². The number of alkyl halides is 3. The van der Waals surface area contributed by atoms with Gasteiger partial charge in [-0.3, -0.25) is 0 Å². The molecular weight excluding hydrogens is 467 g/mol. The van der Waals surface area contributed by atoms with Crippen molar-refractivity contribution in [3.8, 4) is 16.3 Å². The normalized spacial score (nSPS) is 12.5. The van der Waals surface area contributed by atoms with E-state index in [1.165, 1.54) is 23.5 Å². The third-order valence-corrected chi connectivity index (χ3v) is 6.51. The Morgan fingerprint density at radius 1 is 1.12 bits per heavy atom. The monoisotopic (exact) mass is 493 g/mol. The summed E-state index contributed by atoms with van der Waals surface area (Å²) in [4.78, 5) is 16.8. The van der Waals surface area contributed by atoms with Crippen molar-refractivity contribution in [2.24, 2.45) is 0 Å². The van der Waals surface area contributed by atoms with Gasteiger partial charge in [0.15, 0.2) is 6.10 Å². The molecule has 1 aromatic heterocycles. The van der Waals surface area contributed by atoms with Crippen LogP contribution in [-0.4, -0.2) is 28.8 Å². The average Bonchev–Trinajstić information content (AvgIpc) is 3.17. The number of hydrogen-bond acceptors (Lipinski definition) is 5. The van der Waals surface area contributed by atoms with E-state index in [9.17, 15) is 23.1 Å². The number of halogens is 3. The summed E-state index contributed by atoms with van der Waals surface area (Å²) in [5, 5.41) is 9.98. The standard InChI is InChI=1S/C25H26F3NO4S/c1-4-16-12-20(11-8-18(16)13-21(24(30)31)32-5-2)33-14-22-15(3)29-23(34-22)17-6-9-19(10-7-17)25(26,27)28/h6-12,21H,4-5,13-14H2,1-3H3,(H,30,31)/t21-/m0/s1. The second kappa shape index (κ2) is 11.0. The molecule has 0 aliphatic carbocycles. The molecule has 9 heteroatoms. The number of carboxylic acids is 1. The highest BCUT2D eigenvalue weighted by Crippen LogP contribution is 2.33. The zero-order valence-electron chi connectivity index (χ0n) is 19.1. The molecule has 0 unspecified atom stereocenters. The summed E-state index contributed by atoms with van der Waals surface area (Å²) >= 11 is 1.38. The zero-order chi connectivity index (χ0) is 24.9. The van der Waals surface area contributed by atoms with E-state index in [1.54, 1.807) is 13.0 Å². The molecule has 0 amide bonds. The minimum atomic E-state index is -4.37. The maximum Gasteiger partial charge on any atom is 0.416 e. The van der Waals surface area contributed by atoms with Crippen molar-refractivity contribution in [1.29, 1.82) is 0 Å². The molecule has 3 rings (SSSR count). The lowest BCUT2D eigenvalue weighted by atomic mass is 9.99. The first-order valence-electron chi connectivity index (χ1n) is 10.8. The van der Waals surface area contributed by atoms with Gasteiger partial charge < -0.3 is 14.6 Å². The lowest BCUT2D eigenvalue weighted by molar-refractivity contribution is -0.150. The van der Waals surface area contributed by atoms with Crippen molar-refractivity contribution in [2.75, 3.05) is 6.61 Å². The van der Waals surface area contributed by atoms with Crippen LogP contribution < -0.4 is 4.74 Å². The SMILES string of the molecule is CCO[C@@H](Cc1ccc(OCc2sc(-c3ccc(C(F)(F)F)cc3)nc2C)cc1CC)C(=O)O. The molecule has 0 saturated carbocycles. The summed E-state index contributed by atoms with van der Waals surface area (Å²) in [6.45, 7) is 6.18. The van der Waals surface area contributed by atoms with E-state index in [1.807, 2.05) is 26.0 Å². The number of nitrogens with zero attached hydrogens (tertiary/aromatic N) is 1. The van der Waals surface area contributed by atoms with Gasteiger partial charge in [-0.1, -0.05) is 25.1 Å². The Labute approximate surface area is 200 Å². The number of ether oxygens (including phenoxy) is 2. The first-order valence-corrected chi connectivity index (χ1v) is 11.7. The fourth-order valence-corrected chi connectivity index (χ4v) is 4.46. The number of benzene rings is 2. The second-order valence-corrected chi connectivity index (χ2v) is 8.75. The van der Waals surface area contributed by atoms with Gasteiger partial charge in [-0.25, -0.2) is 9.78 Å². The largest absolute Gasteiger partial charge is 0.488 e. The molecule has 3 aromatic rings. The summed E-state index contributed by atoms with van der Waals surface area (Å²) in [5.74, 6) is -0.346. The Bertz CT molecular complexity index is 1130. The molecule has 1 heterocycles. The Morgan fingerprint density at radius 3 is 2.41 bits per heavy atom. The predicted octanol–water partition coefficient (Wildman–Crippen LogP) is 6.31. The van der Waals surface area contributed by atoms with Gasteiger partial charge in [0.05, 0.1) is 16.1 Å². The fraction of sp³-hybridized carbons (Fsp3) is 0.360. The highest BCUT2D eigenvalue weighted by Gasteiger charge is 2.30. The van der Waals surface area contributed by atoms with Crippen LogP contribution in [-0.2, 0) is 35.2 Å². The van der Waals surface area contributed by atoms with Gasteiger partial charge in [0.2, 0.25) is 0 Å². The number of hydrogen-bond donors (Lipinski definition) is 1. The van der Waals surface area contributed by atoms with Crippen LogP contribution in [0.5, 0.6) is 5.75 Å². The fourth-order valence-electron chi connectivity index (χ4n) is 3.47. The topological polar surface area (TPSA) is 68.7 Å². The van der Waals surface area contributed by atoms with Crippen LogP contribution in [0.4, 0.5) is 13.2 Å². The van der Waals surface area contributed by atoms with Gasteiger partial charge in [0.25, 0.3) is 0 Å². The molecule has 1 N–H and O–H groups in total. The van der Waals surface area contributed by atoms with Gasteiger partial charge in [-0.15, -0.1) is 11.3 Å². The predicted molar refractivity (Wildman–Crippen MR) is 124 cm³/mol. The smallest absolute Gasteiger partial charge is 0.416 e. The highest BCUT2D eigenvalue weighted by molar-refractivity contribution is 7.15. The molecule has 0 aliphatic heterocycles. The highest BCUT2D eigenvalue weighted by atomic mass is 32.1. The van der Waals surface area contributed by atoms with Gasteiger partial charge in [0, 0.05) is 18.6 Å². The number of carbonyl (C=O) groups is 1. The Kier molecular flexibility index (Phi) is 8.33. The van der Waals surface area contributed by atoms with Gasteiger partial charge in [-0.05, 0) is 55.7 Å². The molecule has 182 valence electrons. The molecule has 1 atom stereocenters. The van der Waals surface area contributed by atoms with Crippen LogP contribution in [0.15, 0.2) is 42.5 Å². The first kappa shape index (κ1) is 25.7. The van der Waals surface area contributed by atoms with Crippen LogP contribution in [0, 0.1) is 6.92 Å². The third kappa shape index (κ3) is 6.36. The Hall–Kier alpha value is -2.91. The van der Waals surface area contributed by atoms with Gasteiger partial charge in [0.1, 0.15) is 17.4 Å². The van der Waals surface area contributed by atoms with Crippen molar-refractivity contribution in [3.05, 3.63) is 69.7 Å². The van der Waals surface area contributed by atoms with Crippen molar-refractivity contribution in [2.45, 2.75) is 52.5 Å². The van der Waals surface area contributed by atoms with Crippen molar-refractivity contribution >= 4 is 17.3 Å². The second-order valence-electron chi connectivity index (χ2n) is 7.66. The van der Waals surface area contributed by atoms with E-state index in [0.717, 1.165) is 33.8 Å². The maximum absolute atomic E-state index is 12.8. The summed E-state index contributed by atoms with van der Waals surface area (Å²) in [7, 11) is 0. The van der Waals surface area contributed by atoms with E-state index < -0.39 is 23.8 Å². The maximum atomic E-state index is 12.8. The van der Waals surface area contributed by atoms with E-state index in [4.69, 9.17) is 9.47 Å². The van der Waals surface area contributed by atoms with E-state index in [0.29, 0.717) is 29.3 Å². The summed E-state index contributed by atoms with van der Waals surface area (Å²) in [5.41, 5.74) is 2.56. The van der Waals surface area contributed by atoms with Gasteiger partial charge >= 0.3 is 12.1 Å².